The second kappa shape index (κ2) is 6.97. The van der Waals surface area contributed by atoms with Crippen LogP contribution in [0.1, 0.15) is 13.8 Å². The summed E-state index contributed by atoms with van der Waals surface area (Å²) in [6, 6.07) is 7.89. The maximum atomic E-state index is 10.6. The Morgan fingerprint density at radius 3 is 2.00 bits per heavy atom. The summed E-state index contributed by atoms with van der Waals surface area (Å²) >= 11 is 0. The van der Waals surface area contributed by atoms with Crippen molar-refractivity contribution < 1.29 is 17.9 Å². The first kappa shape index (κ1) is 14.6. The molecule has 0 saturated carbocycles. The van der Waals surface area contributed by atoms with Gasteiger partial charge in [-0.15, -0.1) is 0 Å². The van der Waals surface area contributed by atoms with E-state index in [9.17, 15) is 13.2 Å². The molecule has 6 heteroatoms. The third kappa shape index (κ3) is 6.97. The molecule has 0 unspecified atom stereocenters. The molecular formula is C10H15NO4S. The summed E-state index contributed by atoms with van der Waals surface area (Å²) < 4.78 is 25.6. The standard InChI is InChI=1S/C6H7NO2S.C4H8O2/c7-10(8,9)6-4-2-1-3-5-6;1-3-6-4(2)5/h1-5H,(H2,7,8,9);3H2,1-2H3. The highest BCUT2D eigenvalue weighted by Crippen LogP contribution is 2.02. The molecule has 1 rings (SSSR count). The largest absolute Gasteiger partial charge is 0.466 e. The molecule has 16 heavy (non-hydrogen) atoms. The fraction of sp³-hybridized carbons (Fsp3) is 0.300. The molecular weight excluding hydrogens is 230 g/mol. The van der Waals surface area contributed by atoms with Crippen LogP contribution in [0.2, 0.25) is 0 Å². The van der Waals surface area contributed by atoms with Gasteiger partial charge in [-0.2, -0.15) is 0 Å². The highest BCUT2D eigenvalue weighted by atomic mass is 32.2. The van der Waals surface area contributed by atoms with E-state index in [1.807, 2.05) is 0 Å². The topological polar surface area (TPSA) is 86.5 Å². The molecule has 90 valence electrons. The van der Waals surface area contributed by atoms with Gasteiger partial charge in [0, 0.05) is 6.92 Å². The third-order valence-electron chi connectivity index (χ3n) is 1.42. The number of carbonyl (C=O) groups excluding carboxylic acids is 1. The van der Waals surface area contributed by atoms with Crippen molar-refractivity contribution in [1.82, 2.24) is 0 Å². The van der Waals surface area contributed by atoms with Gasteiger partial charge in [-0.1, -0.05) is 18.2 Å². The van der Waals surface area contributed by atoms with Gasteiger partial charge in [0.2, 0.25) is 10.0 Å². The molecule has 0 bridgehead atoms. The van der Waals surface area contributed by atoms with Crippen molar-refractivity contribution in [2.75, 3.05) is 6.61 Å². The Hall–Kier alpha value is -1.40. The van der Waals surface area contributed by atoms with Crippen LogP contribution in [0.25, 0.3) is 0 Å². The Kier molecular flexibility index (Phi) is 6.36. The van der Waals surface area contributed by atoms with E-state index in [4.69, 9.17) is 5.14 Å². The van der Waals surface area contributed by atoms with Crippen molar-refractivity contribution >= 4 is 16.0 Å². The Morgan fingerprint density at radius 1 is 1.31 bits per heavy atom. The lowest BCUT2D eigenvalue weighted by molar-refractivity contribution is -0.140. The Balaban J connectivity index is 0.000000325. The molecule has 2 N–H and O–H groups in total. The van der Waals surface area contributed by atoms with Gasteiger partial charge < -0.3 is 4.74 Å². The number of hydrogen-bond acceptors (Lipinski definition) is 4. The van der Waals surface area contributed by atoms with E-state index >= 15 is 0 Å². The van der Waals surface area contributed by atoms with Gasteiger partial charge in [-0.3, -0.25) is 4.79 Å². The monoisotopic (exact) mass is 245 g/mol. The quantitative estimate of drug-likeness (QED) is 0.784. The Morgan fingerprint density at radius 2 is 1.81 bits per heavy atom. The second-order valence-corrected chi connectivity index (χ2v) is 4.34. The van der Waals surface area contributed by atoms with Crippen LogP contribution in [-0.4, -0.2) is 21.0 Å². The zero-order valence-electron chi connectivity index (χ0n) is 9.21. The third-order valence-corrected chi connectivity index (χ3v) is 2.35. The lowest BCUT2D eigenvalue weighted by Gasteiger charge is -1.93. The van der Waals surface area contributed by atoms with Crippen LogP contribution in [0.3, 0.4) is 0 Å². The van der Waals surface area contributed by atoms with E-state index in [0.717, 1.165) is 0 Å². The van der Waals surface area contributed by atoms with Crippen molar-refractivity contribution in [2.24, 2.45) is 5.14 Å². The number of benzene rings is 1. The lowest BCUT2D eigenvalue weighted by atomic mass is 10.4. The van der Waals surface area contributed by atoms with Gasteiger partial charge in [-0.25, -0.2) is 13.6 Å². The maximum absolute atomic E-state index is 10.6. The fourth-order valence-corrected chi connectivity index (χ4v) is 1.35. The predicted molar refractivity (Wildman–Crippen MR) is 60.1 cm³/mol. The minimum Gasteiger partial charge on any atom is -0.466 e. The molecule has 0 spiro atoms. The van der Waals surface area contributed by atoms with Gasteiger partial charge in [0.05, 0.1) is 11.5 Å². The van der Waals surface area contributed by atoms with Crippen LogP contribution in [-0.2, 0) is 19.6 Å². The van der Waals surface area contributed by atoms with E-state index < -0.39 is 10.0 Å². The smallest absolute Gasteiger partial charge is 0.302 e. The van der Waals surface area contributed by atoms with Crippen molar-refractivity contribution in [3.63, 3.8) is 0 Å². The number of rotatable bonds is 2. The number of primary sulfonamides is 1. The summed E-state index contributed by atoms with van der Waals surface area (Å²) in [6.45, 7) is 3.65. The molecule has 0 fully saturated rings. The van der Waals surface area contributed by atoms with E-state index in [2.05, 4.69) is 4.74 Å². The summed E-state index contributed by atoms with van der Waals surface area (Å²) in [5, 5.41) is 4.83. The van der Waals surface area contributed by atoms with Gasteiger partial charge in [-0.05, 0) is 19.1 Å². The zero-order valence-corrected chi connectivity index (χ0v) is 10.0. The first-order valence-corrected chi connectivity index (χ1v) is 6.13. The van der Waals surface area contributed by atoms with E-state index in [1.165, 1.54) is 19.1 Å². The Bertz CT molecular complexity index is 414. The molecule has 0 aliphatic heterocycles. The van der Waals surface area contributed by atoms with E-state index in [1.54, 1.807) is 25.1 Å². The van der Waals surface area contributed by atoms with Crippen molar-refractivity contribution in [3.8, 4) is 0 Å². The number of esters is 1. The van der Waals surface area contributed by atoms with Crippen LogP contribution < -0.4 is 5.14 Å². The number of ether oxygens (including phenoxy) is 1. The molecule has 0 saturated heterocycles. The molecule has 0 atom stereocenters. The molecule has 5 nitrogen and oxygen atoms in total. The summed E-state index contributed by atoms with van der Waals surface area (Å²) in [5.41, 5.74) is 0. The summed E-state index contributed by atoms with van der Waals surface area (Å²) in [4.78, 5) is 9.97. The van der Waals surface area contributed by atoms with Gasteiger partial charge in [0.1, 0.15) is 0 Å². The molecule has 1 aromatic carbocycles. The normalized spacial score (nSPS) is 9.94. The van der Waals surface area contributed by atoms with Crippen molar-refractivity contribution in [2.45, 2.75) is 18.7 Å². The first-order chi connectivity index (χ1) is 7.38. The fourth-order valence-electron chi connectivity index (χ4n) is 0.813. The minimum atomic E-state index is -3.50. The molecule has 1 aromatic rings. The highest BCUT2D eigenvalue weighted by molar-refractivity contribution is 7.89. The zero-order chi connectivity index (χ0) is 12.6. The van der Waals surface area contributed by atoms with Crippen LogP contribution in [0.15, 0.2) is 35.2 Å². The maximum Gasteiger partial charge on any atom is 0.302 e. The van der Waals surface area contributed by atoms with Crippen LogP contribution in [0, 0.1) is 0 Å². The first-order valence-electron chi connectivity index (χ1n) is 4.59. The highest BCUT2D eigenvalue weighted by Gasteiger charge is 2.03. The summed E-state index contributed by atoms with van der Waals surface area (Å²) in [7, 11) is -3.50. The average Bonchev–Trinajstić information content (AvgIpc) is 2.18. The van der Waals surface area contributed by atoms with E-state index in [0.29, 0.717) is 6.61 Å². The summed E-state index contributed by atoms with van der Waals surface area (Å²) in [5.74, 6) is -0.211. The second-order valence-electron chi connectivity index (χ2n) is 2.78. The average molecular weight is 245 g/mol. The number of carbonyl (C=O) groups is 1. The van der Waals surface area contributed by atoms with E-state index in [-0.39, 0.29) is 10.9 Å². The molecule has 0 aromatic heterocycles. The predicted octanol–water partition coefficient (Wildman–Crippen LogP) is 0.903. The Labute approximate surface area is 95.3 Å². The number of nitrogens with two attached hydrogens (primary N) is 1. The minimum absolute atomic E-state index is 0.148. The molecule has 0 amide bonds. The number of hydrogen-bond donors (Lipinski definition) is 1. The molecule has 0 heterocycles. The number of sulfonamides is 1. The SMILES string of the molecule is CCOC(C)=O.NS(=O)(=O)c1ccccc1. The van der Waals surface area contributed by atoms with Crippen LogP contribution >= 0.6 is 0 Å². The van der Waals surface area contributed by atoms with Crippen molar-refractivity contribution in [3.05, 3.63) is 30.3 Å². The van der Waals surface area contributed by atoms with Crippen molar-refractivity contribution in [1.29, 1.82) is 0 Å². The molecule has 0 aliphatic carbocycles. The summed E-state index contributed by atoms with van der Waals surface area (Å²) in [6.07, 6.45) is 0. The van der Waals surface area contributed by atoms with Crippen LogP contribution in [0.4, 0.5) is 0 Å². The molecule has 0 aliphatic rings. The lowest BCUT2D eigenvalue weighted by Crippen LogP contribution is -2.11. The van der Waals surface area contributed by atoms with Gasteiger partial charge >= 0.3 is 5.97 Å². The molecule has 0 radical (unpaired) electrons. The van der Waals surface area contributed by atoms with Crippen LogP contribution in [0.5, 0.6) is 0 Å². The van der Waals surface area contributed by atoms with Gasteiger partial charge in [0.25, 0.3) is 0 Å². The van der Waals surface area contributed by atoms with Gasteiger partial charge in [0.15, 0.2) is 0 Å².